The average Bonchev–Trinajstić information content (AvgIpc) is 2.79. The van der Waals surface area contributed by atoms with Crippen LogP contribution in [0.25, 0.3) is 10.9 Å². The highest BCUT2D eigenvalue weighted by Crippen LogP contribution is 2.36. The van der Waals surface area contributed by atoms with Gasteiger partial charge in [0, 0.05) is 23.1 Å². The van der Waals surface area contributed by atoms with Crippen molar-refractivity contribution in [2.75, 3.05) is 6.54 Å². The van der Waals surface area contributed by atoms with Gasteiger partial charge in [-0.05, 0) is 61.4 Å². The molecule has 106 valence electrons. The van der Waals surface area contributed by atoms with Gasteiger partial charge in [-0.3, -0.25) is 0 Å². The number of aromatic nitrogens is 1. The van der Waals surface area contributed by atoms with Crippen molar-refractivity contribution < 1.29 is 0 Å². The molecule has 0 fully saturated rings. The van der Waals surface area contributed by atoms with Gasteiger partial charge in [0.05, 0.1) is 0 Å². The highest BCUT2D eigenvalue weighted by atomic mass is 14.9. The molecule has 1 aliphatic rings. The molecule has 1 aliphatic heterocycles. The van der Waals surface area contributed by atoms with Crippen LogP contribution in [0.1, 0.15) is 48.1 Å². The van der Waals surface area contributed by atoms with Crippen molar-refractivity contribution in [1.29, 1.82) is 0 Å². The highest BCUT2D eigenvalue weighted by Gasteiger charge is 2.23. The second-order valence-corrected chi connectivity index (χ2v) is 5.81. The first-order chi connectivity index (χ1) is 9.76. The number of aryl methyl sites for hydroxylation is 2. The van der Waals surface area contributed by atoms with Crippen LogP contribution in [0, 0.1) is 6.92 Å². The minimum Gasteiger partial charge on any atom is -0.361 e. The molecule has 0 bridgehead atoms. The SMILES string of the molecule is C=CCCC1NCCc2c[nH]c3c(C)cc(CC)c1c23. The molecule has 1 aromatic carbocycles. The van der Waals surface area contributed by atoms with Crippen LogP contribution < -0.4 is 5.32 Å². The molecular formula is C18H24N2. The first kappa shape index (κ1) is 13.4. The second kappa shape index (κ2) is 5.45. The largest absolute Gasteiger partial charge is 0.361 e. The minimum atomic E-state index is 0.461. The highest BCUT2D eigenvalue weighted by molar-refractivity contribution is 5.91. The average molecular weight is 268 g/mol. The first-order valence-corrected chi connectivity index (χ1v) is 7.72. The van der Waals surface area contributed by atoms with E-state index in [-0.39, 0.29) is 0 Å². The number of benzene rings is 1. The fraction of sp³-hybridized carbons (Fsp3) is 0.444. The van der Waals surface area contributed by atoms with E-state index in [9.17, 15) is 0 Å². The maximum atomic E-state index is 3.87. The maximum Gasteiger partial charge on any atom is 0.0490 e. The Kier molecular flexibility index (Phi) is 3.66. The number of hydrogen-bond donors (Lipinski definition) is 2. The van der Waals surface area contributed by atoms with Crippen LogP contribution in [0.15, 0.2) is 24.9 Å². The van der Waals surface area contributed by atoms with Gasteiger partial charge in [0.1, 0.15) is 0 Å². The Labute approximate surface area is 121 Å². The molecule has 1 aromatic heterocycles. The van der Waals surface area contributed by atoms with Crippen molar-refractivity contribution in [3.63, 3.8) is 0 Å². The maximum absolute atomic E-state index is 3.87. The van der Waals surface area contributed by atoms with E-state index in [0.717, 1.165) is 32.2 Å². The van der Waals surface area contributed by atoms with Crippen molar-refractivity contribution >= 4 is 10.9 Å². The summed E-state index contributed by atoms with van der Waals surface area (Å²) >= 11 is 0. The molecule has 2 N–H and O–H groups in total. The molecule has 0 aliphatic carbocycles. The predicted octanol–water partition coefficient (Wildman–Crippen LogP) is 4.19. The Balaban J connectivity index is 2.23. The Morgan fingerprint density at radius 3 is 3.05 bits per heavy atom. The fourth-order valence-corrected chi connectivity index (χ4v) is 3.56. The lowest BCUT2D eigenvalue weighted by molar-refractivity contribution is 0.513. The summed E-state index contributed by atoms with van der Waals surface area (Å²) in [6.45, 7) is 9.42. The monoisotopic (exact) mass is 268 g/mol. The number of aromatic amines is 1. The van der Waals surface area contributed by atoms with Crippen LogP contribution in [0.5, 0.6) is 0 Å². The summed E-state index contributed by atoms with van der Waals surface area (Å²) in [6.07, 6.45) is 8.65. The molecule has 3 rings (SSSR count). The van der Waals surface area contributed by atoms with E-state index < -0.39 is 0 Å². The topological polar surface area (TPSA) is 27.8 Å². The number of H-pyrrole nitrogens is 1. The zero-order valence-electron chi connectivity index (χ0n) is 12.6. The molecule has 20 heavy (non-hydrogen) atoms. The zero-order valence-corrected chi connectivity index (χ0v) is 12.6. The number of hydrogen-bond acceptors (Lipinski definition) is 1. The molecule has 0 amide bonds. The summed E-state index contributed by atoms with van der Waals surface area (Å²) in [5.74, 6) is 0. The fourth-order valence-electron chi connectivity index (χ4n) is 3.56. The van der Waals surface area contributed by atoms with E-state index in [1.54, 1.807) is 0 Å². The van der Waals surface area contributed by atoms with E-state index >= 15 is 0 Å². The van der Waals surface area contributed by atoms with Gasteiger partial charge in [0.25, 0.3) is 0 Å². The second-order valence-electron chi connectivity index (χ2n) is 5.81. The van der Waals surface area contributed by atoms with Crippen molar-refractivity contribution in [1.82, 2.24) is 10.3 Å². The van der Waals surface area contributed by atoms with Crippen molar-refractivity contribution in [3.8, 4) is 0 Å². The Bertz CT molecular complexity index is 636. The molecule has 2 nitrogen and oxygen atoms in total. The third kappa shape index (κ3) is 2.08. The van der Waals surface area contributed by atoms with Crippen LogP contribution in [-0.4, -0.2) is 11.5 Å². The van der Waals surface area contributed by atoms with Crippen LogP contribution in [0.3, 0.4) is 0 Å². The number of allylic oxidation sites excluding steroid dienone is 1. The molecule has 2 heteroatoms. The third-order valence-corrected chi connectivity index (χ3v) is 4.54. The molecule has 1 atom stereocenters. The molecule has 1 unspecified atom stereocenters. The van der Waals surface area contributed by atoms with Gasteiger partial charge in [-0.1, -0.05) is 19.1 Å². The van der Waals surface area contributed by atoms with Crippen molar-refractivity contribution in [2.24, 2.45) is 0 Å². The van der Waals surface area contributed by atoms with E-state index in [0.29, 0.717) is 6.04 Å². The summed E-state index contributed by atoms with van der Waals surface area (Å²) in [6, 6.07) is 2.83. The van der Waals surface area contributed by atoms with Crippen molar-refractivity contribution in [3.05, 3.63) is 47.2 Å². The summed E-state index contributed by atoms with van der Waals surface area (Å²) in [5, 5.41) is 5.23. The predicted molar refractivity (Wildman–Crippen MR) is 86.3 cm³/mol. The number of nitrogens with one attached hydrogen (secondary N) is 2. The summed E-state index contributed by atoms with van der Waals surface area (Å²) in [4.78, 5) is 3.50. The lowest BCUT2D eigenvalue weighted by atomic mass is 9.89. The van der Waals surface area contributed by atoms with Gasteiger partial charge in [-0.15, -0.1) is 6.58 Å². The molecule has 0 spiro atoms. The van der Waals surface area contributed by atoms with Crippen molar-refractivity contribution in [2.45, 2.75) is 45.6 Å². The molecule has 0 saturated heterocycles. The lowest BCUT2D eigenvalue weighted by Crippen LogP contribution is -2.22. The van der Waals surface area contributed by atoms with E-state index in [4.69, 9.17) is 0 Å². The molecule has 2 heterocycles. The zero-order chi connectivity index (χ0) is 14.1. The van der Waals surface area contributed by atoms with E-state index in [1.165, 1.54) is 33.2 Å². The van der Waals surface area contributed by atoms with Gasteiger partial charge in [-0.2, -0.15) is 0 Å². The van der Waals surface area contributed by atoms with Crippen LogP contribution in [0.4, 0.5) is 0 Å². The summed E-state index contributed by atoms with van der Waals surface area (Å²) in [7, 11) is 0. The minimum absolute atomic E-state index is 0.461. The van der Waals surface area contributed by atoms with Crippen LogP contribution in [-0.2, 0) is 12.8 Å². The standard InChI is InChI=1S/C18H24N2/c1-4-6-7-15-16-13(5-2)10-12(3)18-17(16)14(11-20-18)8-9-19-15/h4,10-11,15,19-20H,1,5-9H2,2-3H3. The van der Waals surface area contributed by atoms with Gasteiger partial charge in [-0.25, -0.2) is 0 Å². The summed E-state index contributed by atoms with van der Waals surface area (Å²) in [5.41, 5.74) is 7.21. The van der Waals surface area contributed by atoms with Gasteiger partial charge < -0.3 is 10.3 Å². The normalized spacial score (nSPS) is 18.2. The Morgan fingerprint density at radius 2 is 2.30 bits per heavy atom. The van der Waals surface area contributed by atoms with Crippen LogP contribution >= 0.6 is 0 Å². The van der Waals surface area contributed by atoms with Gasteiger partial charge in [0.2, 0.25) is 0 Å². The first-order valence-electron chi connectivity index (χ1n) is 7.72. The molecule has 0 saturated carbocycles. The Morgan fingerprint density at radius 1 is 1.45 bits per heavy atom. The smallest absolute Gasteiger partial charge is 0.0490 e. The lowest BCUT2D eigenvalue weighted by Gasteiger charge is -2.21. The van der Waals surface area contributed by atoms with E-state index in [2.05, 4.69) is 43.0 Å². The molecule has 2 aromatic rings. The molecule has 0 radical (unpaired) electrons. The Hall–Kier alpha value is -1.54. The van der Waals surface area contributed by atoms with Crippen LogP contribution in [0.2, 0.25) is 0 Å². The number of rotatable bonds is 4. The molecular weight excluding hydrogens is 244 g/mol. The van der Waals surface area contributed by atoms with E-state index in [1.807, 2.05) is 6.08 Å². The van der Waals surface area contributed by atoms with Gasteiger partial charge >= 0.3 is 0 Å². The quantitative estimate of drug-likeness (QED) is 0.799. The summed E-state index contributed by atoms with van der Waals surface area (Å²) < 4.78 is 0. The van der Waals surface area contributed by atoms with Gasteiger partial charge in [0.15, 0.2) is 0 Å². The third-order valence-electron chi connectivity index (χ3n) is 4.54.